The second-order valence-corrected chi connectivity index (χ2v) is 6.24. The van der Waals surface area contributed by atoms with Gasteiger partial charge >= 0.3 is 0 Å². The van der Waals surface area contributed by atoms with Crippen molar-refractivity contribution in [3.8, 4) is 0 Å². The molecule has 6 heteroatoms. The smallest absolute Gasteiger partial charge is 0.203 e. The lowest BCUT2D eigenvalue weighted by molar-refractivity contribution is 0.190. The Hall–Kier alpha value is -0.880. The van der Waals surface area contributed by atoms with Gasteiger partial charge in [-0.05, 0) is 20.3 Å². The van der Waals surface area contributed by atoms with Gasteiger partial charge in [-0.15, -0.1) is 0 Å². The van der Waals surface area contributed by atoms with Crippen LogP contribution < -0.4 is 5.32 Å². The molecule has 0 aliphatic carbocycles. The van der Waals surface area contributed by atoms with Gasteiger partial charge in [0.25, 0.3) is 0 Å². The molecule has 1 aromatic rings. The highest BCUT2D eigenvalue weighted by Gasteiger charge is 2.09. The minimum atomic E-state index is -0.810. The normalized spacial score (nSPS) is 14.4. The fourth-order valence-electron chi connectivity index (χ4n) is 1.59. The van der Waals surface area contributed by atoms with Gasteiger partial charge in [0.05, 0.1) is 5.69 Å². The van der Waals surface area contributed by atoms with Crippen molar-refractivity contribution in [2.75, 3.05) is 31.8 Å². The molecule has 0 radical (unpaired) electrons. The number of methoxy groups -OCH3 is 1. The Labute approximate surface area is 111 Å². The van der Waals surface area contributed by atoms with Crippen LogP contribution in [0.4, 0.5) is 5.95 Å². The van der Waals surface area contributed by atoms with Gasteiger partial charge in [0.2, 0.25) is 5.95 Å². The predicted octanol–water partition coefficient (Wildman–Crippen LogP) is 1.41. The number of hydrogen-bond acceptors (Lipinski definition) is 4. The van der Waals surface area contributed by atoms with Gasteiger partial charge in [0.15, 0.2) is 0 Å². The van der Waals surface area contributed by atoms with Gasteiger partial charge in [0.1, 0.15) is 0 Å². The zero-order valence-electron chi connectivity index (χ0n) is 11.6. The third-order valence-corrected chi connectivity index (χ3v) is 4.06. The maximum absolute atomic E-state index is 11.3. The van der Waals surface area contributed by atoms with Crippen molar-refractivity contribution in [1.82, 2.24) is 9.55 Å². The van der Waals surface area contributed by atoms with E-state index in [4.69, 9.17) is 4.74 Å². The van der Waals surface area contributed by atoms with Crippen LogP contribution in [0.1, 0.15) is 19.0 Å². The van der Waals surface area contributed by atoms with Gasteiger partial charge in [-0.1, -0.05) is 0 Å². The highest BCUT2D eigenvalue weighted by molar-refractivity contribution is 7.84. The summed E-state index contributed by atoms with van der Waals surface area (Å²) in [6.07, 6.45) is 4.70. The molecule has 2 unspecified atom stereocenters. The lowest BCUT2D eigenvalue weighted by Crippen LogP contribution is -2.22. The van der Waals surface area contributed by atoms with Crippen molar-refractivity contribution in [3.05, 3.63) is 11.9 Å². The van der Waals surface area contributed by atoms with Crippen molar-refractivity contribution in [2.24, 2.45) is 0 Å². The van der Waals surface area contributed by atoms with Crippen LogP contribution in [0.3, 0.4) is 0 Å². The van der Waals surface area contributed by atoms with Crippen molar-refractivity contribution < 1.29 is 8.95 Å². The number of aromatic nitrogens is 2. The SMILES string of the molecule is COCCCn1cc(C)nc1NCC(C)S(C)=O. The third-order valence-electron chi connectivity index (χ3n) is 2.76. The maximum atomic E-state index is 11.3. The Morgan fingerprint density at radius 2 is 2.33 bits per heavy atom. The Balaban J connectivity index is 2.55. The first-order valence-electron chi connectivity index (χ1n) is 6.13. The Morgan fingerprint density at radius 1 is 1.61 bits per heavy atom. The summed E-state index contributed by atoms with van der Waals surface area (Å²) in [4.78, 5) is 4.43. The fourth-order valence-corrected chi connectivity index (χ4v) is 1.91. The number of ether oxygens (including phenoxy) is 1. The Bertz CT molecular complexity index is 393. The summed E-state index contributed by atoms with van der Waals surface area (Å²) in [6, 6.07) is 0. The zero-order valence-corrected chi connectivity index (χ0v) is 12.4. The van der Waals surface area contributed by atoms with E-state index >= 15 is 0 Å². The standard InChI is InChI=1S/C12H23N3O2S/c1-10-9-15(6-5-7-17-3)12(14-10)13-8-11(2)18(4)16/h9,11H,5-8H2,1-4H3,(H,13,14). The molecule has 0 aliphatic rings. The molecular weight excluding hydrogens is 250 g/mol. The van der Waals surface area contributed by atoms with E-state index in [9.17, 15) is 4.21 Å². The summed E-state index contributed by atoms with van der Waals surface area (Å²) >= 11 is 0. The van der Waals surface area contributed by atoms with Crippen LogP contribution in [-0.4, -0.2) is 45.5 Å². The molecule has 1 aromatic heterocycles. The quantitative estimate of drug-likeness (QED) is 0.728. The summed E-state index contributed by atoms with van der Waals surface area (Å²) in [6.45, 7) is 6.23. The second-order valence-electron chi connectivity index (χ2n) is 4.44. The molecule has 0 aliphatic heterocycles. The molecule has 0 saturated heterocycles. The molecule has 0 amide bonds. The number of imidazole rings is 1. The molecule has 2 atom stereocenters. The van der Waals surface area contributed by atoms with E-state index < -0.39 is 10.8 Å². The van der Waals surface area contributed by atoms with Crippen molar-refractivity contribution >= 4 is 16.7 Å². The first-order chi connectivity index (χ1) is 8.54. The van der Waals surface area contributed by atoms with E-state index in [-0.39, 0.29) is 5.25 Å². The molecular formula is C12H23N3O2S. The largest absolute Gasteiger partial charge is 0.385 e. The van der Waals surface area contributed by atoms with E-state index in [1.165, 1.54) is 0 Å². The number of aryl methyl sites for hydroxylation is 2. The average Bonchev–Trinajstić information content (AvgIpc) is 2.67. The summed E-state index contributed by atoms with van der Waals surface area (Å²) in [5.74, 6) is 0.848. The second kappa shape index (κ2) is 7.53. The van der Waals surface area contributed by atoms with E-state index in [0.717, 1.165) is 31.2 Å². The van der Waals surface area contributed by atoms with Crippen LogP contribution in [0.15, 0.2) is 6.20 Å². The molecule has 5 nitrogen and oxygen atoms in total. The van der Waals surface area contributed by atoms with Crippen molar-refractivity contribution in [1.29, 1.82) is 0 Å². The molecule has 1 N–H and O–H groups in total. The molecule has 0 fully saturated rings. The van der Waals surface area contributed by atoms with E-state index in [1.54, 1.807) is 13.4 Å². The number of nitrogens with one attached hydrogen (secondary N) is 1. The summed E-state index contributed by atoms with van der Waals surface area (Å²) in [7, 11) is 0.895. The monoisotopic (exact) mass is 273 g/mol. The lowest BCUT2D eigenvalue weighted by Gasteiger charge is -2.12. The van der Waals surface area contributed by atoms with E-state index in [1.807, 2.05) is 20.0 Å². The lowest BCUT2D eigenvalue weighted by atomic mass is 10.4. The first kappa shape index (κ1) is 15.2. The predicted molar refractivity (Wildman–Crippen MR) is 75.5 cm³/mol. The molecule has 104 valence electrons. The molecule has 1 heterocycles. The Kier molecular flexibility index (Phi) is 6.35. The summed E-state index contributed by atoms with van der Waals surface area (Å²) < 4.78 is 18.4. The minimum Gasteiger partial charge on any atom is -0.385 e. The highest BCUT2D eigenvalue weighted by Crippen LogP contribution is 2.10. The summed E-state index contributed by atoms with van der Waals surface area (Å²) in [5.41, 5.74) is 0.986. The van der Waals surface area contributed by atoms with Crippen LogP contribution in [-0.2, 0) is 22.1 Å². The van der Waals surface area contributed by atoms with Gasteiger partial charge in [-0.25, -0.2) is 4.98 Å². The zero-order chi connectivity index (χ0) is 13.5. The molecule has 0 aromatic carbocycles. The number of nitrogens with zero attached hydrogens (tertiary/aromatic N) is 2. The van der Waals surface area contributed by atoms with Gasteiger partial charge < -0.3 is 14.6 Å². The minimum absolute atomic E-state index is 0.120. The number of anilines is 1. The van der Waals surface area contributed by atoms with Crippen molar-refractivity contribution in [2.45, 2.75) is 32.1 Å². The molecule has 0 spiro atoms. The average molecular weight is 273 g/mol. The topological polar surface area (TPSA) is 56.1 Å². The van der Waals surface area contributed by atoms with Crippen LogP contribution in [0.25, 0.3) is 0 Å². The molecule has 18 heavy (non-hydrogen) atoms. The number of hydrogen-bond donors (Lipinski definition) is 1. The Morgan fingerprint density at radius 3 is 2.94 bits per heavy atom. The van der Waals surface area contributed by atoms with E-state index in [2.05, 4.69) is 14.9 Å². The highest BCUT2D eigenvalue weighted by atomic mass is 32.2. The van der Waals surface area contributed by atoms with Gasteiger partial charge in [0, 0.05) is 55.3 Å². The van der Waals surface area contributed by atoms with Crippen molar-refractivity contribution in [3.63, 3.8) is 0 Å². The van der Waals surface area contributed by atoms with Crippen LogP contribution in [0.2, 0.25) is 0 Å². The molecule has 0 saturated carbocycles. The van der Waals surface area contributed by atoms with E-state index in [0.29, 0.717) is 6.54 Å². The van der Waals surface area contributed by atoms with Crippen LogP contribution in [0, 0.1) is 6.92 Å². The maximum Gasteiger partial charge on any atom is 0.203 e. The summed E-state index contributed by atoms with van der Waals surface area (Å²) in [5, 5.41) is 3.38. The van der Waals surface area contributed by atoms with Gasteiger partial charge in [-0.2, -0.15) is 0 Å². The third kappa shape index (κ3) is 4.78. The van der Waals surface area contributed by atoms with Gasteiger partial charge in [-0.3, -0.25) is 4.21 Å². The van der Waals surface area contributed by atoms with Crippen LogP contribution >= 0.6 is 0 Å². The number of rotatable bonds is 8. The first-order valence-corrected chi connectivity index (χ1v) is 7.75. The molecule has 0 bridgehead atoms. The fraction of sp³-hybridized carbons (Fsp3) is 0.750. The van der Waals surface area contributed by atoms with Crippen LogP contribution in [0.5, 0.6) is 0 Å². The molecule has 1 rings (SSSR count).